The van der Waals surface area contributed by atoms with E-state index in [-0.39, 0.29) is 5.41 Å². The fourth-order valence-corrected chi connectivity index (χ4v) is 8.17. The molecule has 4 unspecified atom stereocenters. The van der Waals surface area contributed by atoms with Crippen molar-refractivity contribution in [1.82, 2.24) is 5.32 Å². The van der Waals surface area contributed by atoms with E-state index in [9.17, 15) is 4.79 Å². The lowest BCUT2D eigenvalue weighted by molar-refractivity contribution is -0.117. The van der Waals surface area contributed by atoms with E-state index in [4.69, 9.17) is 0 Å². The smallest absolute Gasteiger partial charge is 0.157 e. The Hall–Kier alpha value is -0.790. The third kappa shape index (κ3) is 3.27. The van der Waals surface area contributed by atoms with E-state index in [2.05, 4.69) is 39.9 Å². The van der Waals surface area contributed by atoms with Crippen LogP contribution in [0.5, 0.6) is 0 Å². The third-order valence-electron chi connectivity index (χ3n) is 9.80. The van der Waals surface area contributed by atoms with Gasteiger partial charge in [0.15, 0.2) is 5.78 Å². The summed E-state index contributed by atoms with van der Waals surface area (Å²) in [6.45, 7) is 13.5. The maximum atomic E-state index is 12.0. The Kier molecular flexibility index (Phi) is 5.47. The number of fused-ring (bicyclic) bond motifs is 5. The lowest BCUT2D eigenvalue weighted by Crippen LogP contribution is -2.56. The Bertz CT molecular complexity index is 636. The molecule has 1 N–H and O–H groups in total. The summed E-state index contributed by atoms with van der Waals surface area (Å²) in [5.41, 5.74) is 2.03. The average molecular weight is 386 g/mol. The van der Waals surface area contributed by atoms with Gasteiger partial charge in [-0.1, -0.05) is 53.9 Å². The molecule has 158 valence electrons. The first-order valence-corrected chi connectivity index (χ1v) is 12.2. The fourth-order valence-electron chi connectivity index (χ4n) is 8.17. The first-order chi connectivity index (χ1) is 13.3. The SMILES string of the molecule is CC(C)CCCC(C)[C@H]1CCC2C3CNC4=CC(=O)CC[C@]4(C)C3CC[C@@]21C. The van der Waals surface area contributed by atoms with Gasteiger partial charge in [0.05, 0.1) is 0 Å². The number of rotatable bonds is 5. The minimum absolute atomic E-state index is 0.221. The number of allylic oxidation sites excluding steroid dienone is 2. The van der Waals surface area contributed by atoms with Crippen molar-refractivity contribution < 1.29 is 4.79 Å². The number of piperidine rings is 1. The highest BCUT2D eigenvalue weighted by atomic mass is 16.1. The van der Waals surface area contributed by atoms with Crippen LogP contribution in [0.3, 0.4) is 0 Å². The first kappa shape index (κ1) is 20.5. The molecular weight excluding hydrogens is 342 g/mol. The lowest BCUT2D eigenvalue weighted by atomic mass is 9.49. The van der Waals surface area contributed by atoms with Gasteiger partial charge in [-0.05, 0) is 73.0 Å². The summed E-state index contributed by atoms with van der Waals surface area (Å²) in [6.07, 6.45) is 13.6. The molecule has 2 heteroatoms. The monoisotopic (exact) mass is 385 g/mol. The molecule has 2 saturated carbocycles. The van der Waals surface area contributed by atoms with Crippen LogP contribution < -0.4 is 5.32 Å². The predicted octanol–water partition coefficient (Wildman–Crippen LogP) is 6.36. The first-order valence-electron chi connectivity index (χ1n) is 12.2. The molecule has 1 saturated heterocycles. The predicted molar refractivity (Wildman–Crippen MR) is 117 cm³/mol. The molecule has 0 aromatic rings. The summed E-state index contributed by atoms with van der Waals surface area (Å²) >= 11 is 0. The summed E-state index contributed by atoms with van der Waals surface area (Å²) in [5.74, 6) is 5.43. The molecule has 0 radical (unpaired) electrons. The summed E-state index contributed by atoms with van der Waals surface area (Å²) in [5, 5.41) is 3.75. The summed E-state index contributed by atoms with van der Waals surface area (Å²) in [6, 6.07) is 0. The van der Waals surface area contributed by atoms with E-state index in [0.29, 0.717) is 11.2 Å². The average Bonchev–Trinajstić information content (AvgIpc) is 2.99. The van der Waals surface area contributed by atoms with Crippen molar-refractivity contribution in [2.24, 2.45) is 46.3 Å². The van der Waals surface area contributed by atoms with Gasteiger partial charge in [-0.2, -0.15) is 0 Å². The highest BCUT2D eigenvalue weighted by Crippen LogP contribution is 2.65. The van der Waals surface area contributed by atoms with E-state index in [1.54, 1.807) is 0 Å². The Balaban J connectivity index is 1.49. The van der Waals surface area contributed by atoms with Crippen molar-refractivity contribution in [3.8, 4) is 0 Å². The van der Waals surface area contributed by atoms with E-state index >= 15 is 0 Å². The zero-order chi connectivity index (χ0) is 20.1. The molecule has 7 atom stereocenters. The molecule has 1 heterocycles. The number of hydrogen-bond acceptors (Lipinski definition) is 2. The van der Waals surface area contributed by atoms with Crippen LogP contribution in [0.4, 0.5) is 0 Å². The molecule has 28 heavy (non-hydrogen) atoms. The van der Waals surface area contributed by atoms with Gasteiger partial charge in [0, 0.05) is 30.2 Å². The van der Waals surface area contributed by atoms with Crippen molar-refractivity contribution >= 4 is 5.78 Å². The zero-order valence-corrected chi connectivity index (χ0v) is 19.0. The van der Waals surface area contributed by atoms with Crippen molar-refractivity contribution in [3.63, 3.8) is 0 Å². The van der Waals surface area contributed by atoms with Gasteiger partial charge in [-0.3, -0.25) is 4.79 Å². The van der Waals surface area contributed by atoms with Crippen molar-refractivity contribution in [2.45, 2.75) is 92.4 Å². The van der Waals surface area contributed by atoms with Gasteiger partial charge in [0.1, 0.15) is 0 Å². The highest BCUT2D eigenvalue weighted by molar-refractivity contribution is 5.91. The molecule has 0 aromatic carbocycles. The maximum Gasteiger partial charge on any atom is 0.157 e. The number of carbonyl (C=O) groups is 1. The second kappa shape index (κ2) is 7.47. The van der Waals surface area contributed by atoms with Crippen molar-refractivity contribution in [1.29, 1.82) is 0 Å². The number of carbonyl (C=O) groups excluding carboxylic acids is 1. The second-order valence-corrected chi connectivity index (χ2v) is 11.7. The molecule has 0 spiro atoms. The van der Waals surface area contributed by atoms with Gasteiger partial charge in [0.25, 0.3) is 0 Å². The number of nitrogens with one attached hydrogen (secondary N) is 1. The van der Waals surface area contributed by atoms with E-state index in [0.717, 1.165) is 54.9 Å². The van der Waals surface area contributed by atoms with E-state index in [1.165, 1.54) is 50.6 Å². The minimum atomic E-state index is 0.221. The maximum absolute atomic E-state index is 12.0. The van der Waals surface area contributed by atoms with Crippen molar-refractivity contribution in [2.75, 3.05) is 6.54 Å². The molecule has 4 rings (SSSR count). The van der Waals surface area contributed by atoms with Crippen LogP contribution in [0.2, 0.25) is 0 Å². The Morgan fingerprint density at radius 2 is 1.86 bits per heavy atom. The fraction of sp³-hybridized carbons (Fsp3) is 0.885. The standard InChI is InChI=1S/C26H43NO/c1-17(2)7-6-8-18(3)21-9-10-22-20-16-27-24-15-19(28)11-13-26(24,5)23(20)12-14-25(21,22)4/h15,17-18,20-23,27H,6-14,16H2,1-5H3/t18?,20?,21-,22?,23?,25-,26-/m1/s1. The minimum Gasteiger partial charge on any atom is -0.387 e. The van der Waals surface area contributed by atoms with Gasteiger partial charge < -0.3 is 5.32 Å². The molecular formula is C26H43NO. The van der Waals surface area contributed by atoms with Crippen LogP contribution in [0.15, 0.2) is 11.8 Å². The quantitative estimate of drug-likeness (QED) is 0.596. The van der Waals surface area contributed by atoms with Crippen LogP contribution in [0.1, 0.15) is 92.4 Å². The van der Waals surface area contributed by atoms with Gasteiger partial charge in [-0.15, -0.1) is 0 Å². The Morgan fingerprint density at radius 1 is 1.07 bits per heavy atom. The number of ketones is 1. The van der Waals surface area contributed by atoms with Crippen LogP contribution in [0, 0.1) is 46.3 Å². The van der Waals surface area contributed by atoms with Crippen LogP contribution in [0.25, 0.3) is 0 Å². The van der Waals surface area contributed by atoms with E-state index in [1.807, 2.05) is 6.08 Å². The largest absolute Gasteiger partial charge is 0.387 e. The van der Waals surface area contributed by atoms with E-state index < -0.39 is 0 Å². The molecule has 3 fully saturated rings. The molecule has 0 aromatic heterocycles. The zero-order valence-electron chi connectivity index (χ0n) is 19.0. The topological polar surface area (TPSA) is 29.1 Å². The Morgan fingerprint density at radius 3 is 2.61 bits per heavy atom. The van der Waals surface area contributed by atoms with Crippen LogP contribution in [-0.4, -0.2) is 12.3 Å². The number of hydrogen-bond donors (Lipinski definition) is 1. The summed E-state index contributed by atoms with van der Waals surface area (Å²) in [4.78, 5) is 12.0. The molecule has 4 aliphatic rings. The van der Waals surface area contributed by atoms with Crippen LogP contribution in [-0.2, 0) is 4.79 Å². The Labute approximate surface area is 173 Å². The highest BCUT2D eigenvalue weighted by Gasteiger charge is 2.59. The molecule has 2 nitrogen and oxygen atoms in total. The molecule has 1 aliphatic heterocycles. The normalized spacial score (nSPS) is 43.6. The van der Waals surface area contributed by atoms with Crippen molar-refractivity contribution in [3.05, 3.63) is 11.8 Å². The third-order valence-corrected chi connectivity index (χ3v) is 9.80. The van der Waals surface area contributed by atoms with Gasteiger partial charge in [-0.25, -0.2) is 0 Å². The summed E-state index contributed by atoms with van der Waals surface area (Å²) < 4.78 is 0. The molecule has 3 aliphatic carbocycles. The lowest BCUT2D eigenvalue weighted by Gasteiger charge is -2.58. The second-order valence-electron chi connectivity index (χ2n) is 11.7. The molecule has 0 amide bonds. The van der Waals surface area contributed by atoms with Crippen LogP contribution >= 0.6 is 0 Å². The van der Waals surface area contributed by atoms with Gasteiger partial charge in [0.2, 0.25) is 0 Å². The van der Waals surface area contributed by atoms with Gasteiger partial charge >= 0.3 is 0 Å². The molecule has 0 bridgehead atoms. The summed E-state index contributed by atoms with van der Waals surface area (Å²) in [7, 11) is 0.